The molecular formula is C46H38OS. The van der Waals surface area contributed by atoms with Crippen molar-refractivity contribution in [3.63, 3.8) is 0 Å². The second-order valence-corrected chi connectivity index (χ2v) is 12.4. The molecule has 1 aromatic heterocycles. The number of benzene rings is 7. The van der Waals surface area contributed by atoms with Crippen LogP contribution in [0.1, 0.15) is 6.92 Å². The molecule has 0 atom stereocenters. The smallest absolute Gasteiger partial charge is 0.0615 e. The molecule has 0 saturated carbocycles. The number of aliphatic hydroxyl groups is 1. The van der Waals surface area contributed by atoms with Gasteiger partial charge in [-0.1, -0.05) is 165 Å². The summed E-state index contributed by atoms with van der Waals surface area (Å²) >= 11 is 1.89. The number of rotatable bonds is 5. The number of hydrogen-bond acceptors (Lipinski definition) is 2. The van der Waals surface area contributed by atoms with E-state index in [4.69, 9.17) is 5.11 Å². The average molecular weight is 639 g/mol. The molecule has 8 rings (SSSR count). The predicted octanol–water partition coefficient (Wildman–Crippen LogP) is 13.3. The Morgan fingerprint density at radius 3 is 1.67 bits per heavy atom. The lowest BCUT2D eigenvalue weighted by Crippen LogP contribution is -1.86. The first-order valence-corrected chi connectivity index (χ1v) is 17.0. The molecule has 234 valence electrons. The van der Waals surface area contributed by atoms with Crippen LogP contribution in [0.4, 0.5) is 0 Å². The highest BCUT2D eigenvalue weighted by Gasteiger charge is 2.12. The van der Waals surface area contributed by atoms with Gasteiger partial charge in [-0.05, 0) is 79.7 Å². The molecule has 8 aromatic rings. The molecule has 1 nitrogen and oxygen atoms in total. The van der Waals surface area contributed by atoms with Gasteiger partial charge in [0.05, 0.1) is 6.61 Å². The number of hydrogen-bond donors (Lipinski definition) is 1. The van der Waals surface area contributed by atoms with Crippen molar-refractivity contribution in [2.45, 2.75) is 6.92 Å². The zero-order valence-electron chi connectivity index (χ0n) is 27.1. The van der Waals surface area contributed by atoms with Crippen LogP contribution in [0.25, 0.3) is 74.7 Å². The quantitative estimate of drug-likeness (QED) is 0.147. The van der Waals surface area contributed by atoms with Crippen molar-refractivity contribution < 1.29 is 5.11 Å². The van der Waals surface area contributed by atoms with Crippen molar-refractivity contribution in [1.29, 1.82) is 0 Å². The molecule has 0 bridgehead atoms. The third-order valence-electron chi connectivity index (χ3n) is 8.36. The van der Waals surface area contributed by atoms with E-state index in [1.54, 1.807) is 24.3 Å². The van der Waals surface area contributed by atoms with E-state index in [0.29, 0.717) is 0 Å². The Morgan fingerprint density at radius 2 is 1.06 bits per heavy atom. The van der Waals surface area contributed by atoms with E-state index >= 15 is 0 Å². The lowest BCUT2D eigenvalue weighted by Gasteiger charge is -2.12. The fourth-order valence-electron chi connectivity index (χ4n) is 6.22. The molecule has 1 N–H and O–H groups in total. The fourth-order valence-corrected chi connectivity index (χ4v) is 7.46. The van der Waals surface area contributed by atoms with Crippen LogP contribution in [0.2, 0.25) is 0 Å². The van der Waals surface area contributed by atoms with Gasteiger partial charge < -0.3 is 5.11 Å². The molecule has 2 heteroatoms. The lowest BCUT2D eigenvalue weighted by molar-refractivity contribution is 0.343. The second-order valence-electron chi connectivity index (χ2n) is 11.3. The Labute approximate surface area is 286 Å². The zero-order valence-corrected chi connectivity index (χ0v) is 28.0. The van der Waals surface area contributed by atoms with E-state index < -0.39 is 0 Å². The summed E-state index contributed by atoms with van der Waals surface area (Å²) in [7, 11) is 0. The van der Waals surface area contributed by atoms with E-state index in [-0.39, 0.29) is 6.61 Å². The van der Waals surface area contributed by atoms with Crippen molar-refractivity contribution in [2.24, 2.45) is 0 Å². The topological polar surface area (TPSA) is 20.2 Å². The van der Waals surface area contributed by atoms with E-state index in [2.05, 4.69) is 147 Å². The van der Waals surface area contributed by atoms with Gasteiger partial charge in [0.1, 0.15) is 0 Å². The van der Waals surface area contributed by atoms with E-state index in [1.165, 1.54) is 74.7 Å². The van der Waals surface area contributed by atoms with Gasteiger partial charge >= 0.3 is 0 Å². The molecule has 0 amide bonds. The monoisotopic (exact) mass is 638 g/mol. The maximum absolute atomic E-state index is 8.06. The molecule has 1 heterocycles. The van der Waals surface area contributed by atoms with Crippen LogP contribution in [0.3, 0.4) is 0 Å². The highest BCUT2D eigenvalue weighted by molar-refractivity contribution is 7.26. The van der Waals surface area contributed by atoms with Crippen molar-refractivity contribution in [3.8, 4) is 22.3 Å². The Hall–Kier alpha value is -5.54. The molecule has 0 saturated heterocycles. The standard InChI is InChI=1S/C36H22S.C5H8O.C5H8/c1-2-13-29-27(11-1)28-12-3-4-14-30(28)34-22-24(19-20-31(29)34)23-9-7-10-25(21-23)26-16-8-17-33-32-15-5-6-18-35(32)37-36(26)33;1-2-3-4-5-6;1-3-5-4-2/h1-22H;2-4,6H,1,5H2;3-5H,1H2,2H3/b;4-3-;5-4-. The van der Waals surface area contributed by atoms with Crippen molar-refractivity contribution in [2.75, 3.05) is 6.61 Å². The largest absolute Gasteiger partial charge is 0.392 e. The van der Waals surface area contributed by atoms with Gasteiger partial charge in [-0.3, -0.25) is 0 Å². The molecule has 48 heavy (non-hydrogen) atoms. The molecule has 0 spiro atoms. The Balaban J connectivity index is 0.000000319. The number of fused-ring (bicyclic) bond motifs is 9. The number of thiophene rings is 1. The minimum absolute atomic E-state index is 0.103. The summed E-state index contributed by atoms with van der Waals surface area (Å²) in [6.07, 6.45) is 10.5. The van der Waals surface area contributed by atoms with Gasteiger partial charge in [-0.25, -0.2) is 0 Å². The van der Waals surface area contributed by atoms with Crippen LogP contribution in [0.15, 0.2) is 183 Å². The van der Waals surface area contributed by atoms with Crippen molar-refractivity contribution in [1.82, 2.24) is 0 Å². The Morgan fingerprint density at radius 1 is 0.521 bits per heavy atom. The second kappa shape index (κ2) is 15.4. The van der Waals surface area contributed by atoms with Crippen LogP contribution in [0, 0.1) is 0 Å². The van der Waals surface area contributed by atoms with Gasteiger partial charge in [0.2, 0.25) is 0 Å². The van der Waals surface area contributed by atoms with Crippen LogP contribution >= 0.6 is 11.3 Å². The number of allylic oxidation sites excluding steroid dienone is 5. The summed E-state index contributed by atoms with van der Waals surface area (Å²) in [6.45, 7) is 8.93. The van der Waals surface area contributed by atoms with Gasteiger partial charge in [0.15, 0.2) is 0 Å². The molecule has 0 aliphatic heterocycles. The van der Waals surface area contributed by atoms with Crippen LogP contribution in [0.5, 0.6) is 0 Å². The van der Waals surface area contributed by atoms with Gasteiger partial charge in [0.25, 0.3) is 0 Å². The normalized spacial score (nSPS) is 11.2. The van der Waals surface area contributed by atoms with E-state index in [9.17, 15) is 0 Å². The van der Waals surface area contributed by atoms with Gasteiger partial charge in [-0.2, -0.15) is 0 Å². The van der Waals surface area contributed by atoms with Crippen LogP contribution in [-0.4, -0.2) is 11.7 Å². The molecule has 0 unspecified atom stereocenters. The fraction of sp³-hybridized carbons (Fsp3) is 0.0435. The van der Waals surface area contributed by atoms with Gasteiger partial charge in [-0.15, -0.1) is 11.3 Å². The maximum Gasteiger partial charge on any atom is 0.0615 e. The first kappa shape index (κ1) is 32.4. The zero-order chi connectivity index (χ0) is 33.3. The third kappa shape index (κ3) is 6.63. The van der Waals surface area contributed by atoms with Gasteiger partial charge in [0, 0.05) is 20.2 Å². The molecule has 0 aliphatic rings. The molecule has 0 fully saturated rings. The molecule has 0 aliphatic carbocycles. The minimum Gasteiger partial charge on any atom is -0.392 e. The highest BCUT2D eigenvalue weighted by Crippen LogP contribution is 2.41. The van der Waals surface area contributed by atoms with Crippen molar-refractivity contribution in [3.05, 3.63) is 183 Å². The van der Waals surface area contributed by atoms with Crippen LogP contribution < -0.4 is 0 Å². The highest BCUT2D eigenvalue weighted by atomic mass is 32.1. The summed E-state index contributed by atoms with van der Waals surface area (Å²) < 4.78 is 2.70. The number of aliphatic hydroxyl groups excluding tert-OH is 1. The molecule has 7 aromatic carbocycles. The van der Waals surface area contributed by atoms with Crippen LogP contribution in [-0.2, 0) is 0 Å². The Kier molecular flexibility index (Phi) is 10.4. The maximum atomic E-state index is 8.06. The lowest BCUT2D eigenvalue weighted by atomic mass is 9.91. The summed E-state index contributed by atoms with van der Waals surface area (Å²) in [6, 6.07) is 49.0. The van der Waals surface area contributed by atoms with Crippen molar-refractivity contribution >= 4 is 63.8 Å². The Bertz CT molecular complexity index is 2400. The van der Waals surface area contributed by atoms with E-state index in [0.717, 1.165) is 0 Å². The first-order valence-electron chi connectivity index (χ1n) is 16.1. The average Bonchev–Trinajstić information content (AvgIpc) is 3.54. The first-order chi connectivity index (χ1) is 23.7. The summed E-state index contributed by atoms with van der Waals surface area (Å²) in [5, 5.41) is 18.6. The molecular weight excluding hydrogens is 601 g/mol. The summed E-state index contributed by atoms with van der Waals surface area (Å²) in [4.78, 5) is 0. The minimum atomic E-state index is 0.103. The van der Waals surface area contributed by atoms with E-state index in [1.807, 2.05) is 30.4 Å². The molecule has 0 radical (unpaired) electrons. The summed E-state index contributed by atoms with van der Waals surface area (Å²) in [5.74, 6) is 0. The third-order valence-corrected chi connectivity index (χ3v) is 9.58. The predicted molar refractivity (Wildman–Crippen MR) is 214 cm³/mol. The SMILES string of the molecule is C=C/C=C\C.C=C/C=C\CO.c1cc(-c2ccc3c4ccccc4c4ccccc4c3c2)cc(-c2cccc3c2sc2ccccc23)c1. The summed E-state index contributed by atoms with van der Waals surface area (Å²) in [5.41, 5.74) is 5.06.